The Morgan fingerprint density at radius 2 is 2.05 bits per heavy atom. The second-order valence-corrected chi connectivity index (χ2v) is 7.88. The predicted octanol–water partition coefficient (Wildman–Crippen LogP) is 0.866. The summed E-state index contributed by atoms with van der Waals surface area (Å²) in [4.78, 5) is 12.0. The second kappa shape index (κ2) is 5.22. The van der Waals surface area contributed by atoms with Crippen molar-refractivity contribution in [3.8, 4) is 5.75 Å². The number of carbonyl (C=O) groups is 1. The summed E-state index contributed by atoms with van der Waals surface area (Å²) < 4.78 is 22.7. The Labute approximate surface area is 123 Å². The van der Waals surface area contributed by atoms with Crippen molar-refractivity contribution in [2.45, 2.75) is 31.3 Å². The molecule has 0 radical (unpaired) electrons. The van der Waals surface area contributed by atoms with Crippen molar-refractivity contribution in [3.63, 3.8) is 0 Å². The van der Waals surface area contributed by atoms with Gasteiger partial charge in [0, 0.05) is 6.04 Å². The van der Waals surface area contributed by atoms with Crippen molar-refractivity contribution in [3.05, 3.63) is 29.3 Å². The molecule has 1 fully saturated rings. The van der Waals surface area contributed by atoms with Gasteiger partial charge < -0.3 is 15.7 Å². The third-order valence-electron chi connectivity index (χ3n) is 4.12. The third kappa shape index (κ3) is 2.97. The van der Waals surface area contributed by atoms with Gasteiger partial charge in [0.05, 0.1) is 17.5 Å². The largest absolute Gasteiger partial charge is 0.508 e. The lowest BCUT2D eigenvalue weighted by Gasteiger charge is -2.17. The summed E-state index contributed by atoms with van der Waals surface area (Å²) in [6, 6.07) is 4.51. The average Bonchev–Trinajstić information content (AvgIpc) is 2.95. The van der Waals surface area contributed by atoms with Crippen molar-refractivity contribution < 1.29 is 18.3 Å². The third-order valence-corrected chi connectivity index (χ3v) is 5.89. The molecule has 1 aromatic carbocycles. The number of urea groups is 1. The lowest BCUT2D eigenvalue weighted by molar-refractivity contribution is 0.234. The first-order valence-electron chi connectivity index (χ1n) is 7.03. The summed E-state index contributed by atoms with van der Waals surface area (Å²) >= 11 is 0. The van der Waals surface area contributed by atoms with Gasteiger partial charge in [-0.05, 0) is 36.5 Å². The lowest BCUT2D eigenvalue weighted by Crippen LogP contribution is -2.43. The number of rotatable bonds is 2. The van der Waals surface area contributed by atoms with Gasteiger partial charge >= 0.3 is 6.03 Å². The Morgan fingerprint density at radius 3 is 2.76 bits per heavy atom. The number of aromatic hydroxyl groups is 1. The molecule has 1 aliphatic carbocycles. The van der Waals surface area contributed by atoms with E-state index in [-0.39, 0.29) is 35.4 Å². The number of carbonyl (C=O) groups excluding carboxylic acids is 1. The summed E-state index contributed by atoms with van der Waals surface area (Å²) in [5, 5.41) is 15.4. The van der Waals surface area contributed by atoms with E-state index in [1.165, 1.54) is 0 Å². The van der Waals surface area contributed by atoms with Gasteiger partial charge in [-0.15, -0.1) is 0 Å². The molecule has 1 saturated heterocycles. The number of sulfone groups is 1. The quantitative estimate of drug-likeness (QED) is 0.755. The van der Waals surface area contributed by atoms with E-state index in [4.69, 9.17) is 0 Å². The molecule has 2 atom stereocenters. The van der Waals surface area contributed by atoms with Crippen molar-refractivity contribution in [2.24, 2.45) is 0 Å². The number of hydrogen-bond donors (Lipinski definition) is 3. The van der Waals surface area contributed by atoms with E-state index < -0.39 is 9.84 Å². The summed E-state index contributed by atoms with van der Waals surface area (Å²) in [6.45, 7) is 0. The van der Waals surface area contributed by atoms with Gasteiger partial charge in [0.15, 0.2) is 9.84 Å². The first-order valence-corrected chi connectivity index (χ1v) is 8.85. The fourth-order valence-electron chi connectivity index (χ4n) is 3.08. The molecule has 1 aliphatic heterocycles. The summed E-state index contributed by atoms with van der Waals surface area (Å²) in [5.74, 6) is 0.416. The fraction of sp³-hybridized carbons (Fsp3) is 0.500. The van der Waals surface area contributed by atoms with E-state index in [2.05, 4.69) is 10.6 Å². The fourth-order valence-corrected chi connectivity index (χ4v) is 4.75. The average molecular weight is 310 g/mol. The van der Waals surface area contributed by atoms with Crippen LogP contribution in [-0.2, 0) is 16.3 Å². The van der Waals surface area contributed by atoms with Crippen LogP contribution in [-0.4, -0.2) is 37.1 Å². The molecular formula is C14H18N2O4S. The zero-order valence-electron chi connectivity index (χ0n) is 11.5. The van der Waals surface area contributed by atoms with E-state index in [1.54, 1.807) is 12.1 Å². The number of amides is 2. The van der Waals surface area contributed by atoms with Crippen molar-refractivity contribution in [1.82, 2.24) is 10.6 Å². The second-order valence-electron chi connectivity index (χ2n) is 5.65. The van der Waals surface area contributed by atoms with Crippen LogP contribution < -0.4 is 10.6 Å². The van der Waals surface area contributed by atoms with Gasteiger partial charge in [-0.2, -0.15) is 0 Å². The predicted molar refractivity (Wildman–Crippen MR) is 77.9 cm³/mol. The van der Waals surface area contributed by atoms with Crippen LogP contribution in [0.3, 0.4) is 0 Å². The minimum atomic E-state index is -3.00. The molecule has 114 valence electrons. The lowest BCUT2D eigenvalue weighted by atomic mass is 10.1. The Morgan fingerprint density at radius 1 is 1.24 bits per heavy atom. The molecule has 2 amide bonds. The maximum atomic E-state index is 12.0. The Kier molecular flexibility index (Phi) is 3.52. The molecule has 6 nitrogen and oxygen atoms in total. The van der Waals surface area contributed by atoms with Crippen LogP contribution in [0.5, 0.6) is 5.75 Å². The van der Waals surface area contributed by atoms with E-state index in [0.29, 0.717) is 6.42 Å². The van der Waals surface area contributed by atoms with Crippen LogP contribution in [0.4, 0.5) is 4.79 Å². The molecule has 1 aromatic rings. The number of phenols is 1. The van der Waals surface area contributed by atoms with Crippen LogP contribution in [0.15, 0.2) is 18.2 Å². The highest BCUT2D eigenvalue weighted by Gasteiger charge is 2.30. The van der Waals surface area contributed by atoms with Gasteiger partial charge in [0.1, 0.15) is 5.75 Å². The van der Waals surface area contributed by atoms with Crippen molar-refractivity contribution in [2.75, 3.05) is 11.5 Å². The van der Waals surface area contributed by atoms with Crippen molar-refractivity contribution in [1.29, 1.82) is 0 Å². The monoisotopic (exact) mass is 310 g/mol. The number of phenolic OH excluding ortho intramolecular Hbond substituents is 1. The number of hydrogen-bond acceptors (Lipinski definition) is 4. The first-order chi connectivity index (χ1) is 9.94. The van der Waals surface area contributed by atoms with Crippen LogP contribution in [0.25, 0.3) is 0 Å². The van der Waals surface area contributed by atoms with Gasteiger partial charge in [0.25, 0.3) is 0 Å². The first kappa shape index (κ1) is 14.2. The maximum Gasteiger partial charge on any atom is 0.315 e. The summed E-state index contributed by atoms with van der Waals surface area (Å²) in [5.41, 5.74) is 1.82. The molecular weight excluding hydrogens is 292 g/mol. The van der Waals surface area contributed by atoms with E-state index in [0.717, 1.165) is 24.0 Å². The zero-order valence-corrected chi connectivity index (χ0v) is 12.3. The molecule has 0 saturated carbocycles. The number of nitrogens with one attached hydrogen (secondary N) is 2. The van der Waals surface area contributed by atoms with Gasteiger partial charge in [-0.3, -0.25) is 0 Å². The maximum absolute atomic E-state index is 12.0. The molecule has 0 unspecified atom stereocenters. The molecule has 3 rings (SSSR count). The molecule has 3 N–H and O–H groups in total. The normalized spacial score (nSPS) is 26.3. The van der Waals surface area contributed by atoms with Crippen LogP contribution in [0.1, 0.15) is 30.0 Å². The molecule has 21 heavy (non-hydrogen) atoms. The smallest absolute Gasteiger partial charge is 0.315 e. The SMILES string of the molecule is O=C(N[C@@H]1CCS(=O)(=O)C1)N[C@H]1CCc2c(O)cccc21. The Hall–Kier alpha value is -1.76. The molecule has 0 spiro atoms. The summed E-state index contributed by atoms with van der Waals surface area (Å²) in [6.07, 6.45) is 1.94. The topological polar surface area (TPSA) is 95.5 Å². The highest BCUT2D eigenvalue weighted by molar-refractivity contribution is 7.91. The van der Waals surface area contributed by atoms with Crippen LogP contribution >= 0.6 is 0 Å². The van der Waals surface area contributed by atoms with Gasteiger partial charge in [0.2, 0.25) is 0 Å². The van der Waals surface area contributed by atoms with Crippen molar-refractivity contribution >= 4 is 15.9 Å². The Balaban J connectivity index is 1.61. The van der Waals surface area contributed by atoms with Crippen LogP contribution in [0.2, 0.25) is 0 Å². The molecule has 0 bridgehead atoms. The zero-order chi connectivity index (χ0) is 15.0. The molecule has 0 aromatic heterocycles. The molecule has 7 heteroatoms. The minimum absolute atomic E-state index is 0.0163. The number of benzene rings is 1. The molecule has 1 heterocycles. The molecule has 2 aliphatic rings. The van der Waals surface area contributed by atoms with Gasteiger partial charge in [-0.25, -0.2) is 13.2 Å². The highest BCUT2D eigenvalue weighted by atomic mass is 32.2. The van der Waals surface area contributed by atoms with E-state index in [1.807, 2.05) is 6.07 Å². The van der Waals surface area contributed by atoms with Crippen LogP contribution in [0, 0.1) is 0 Å². The Bertz CT molecular complexity index is 672. The van der Waals surface area contributed by atoms with E-state index >= 15 is 0 Å². The number of fused-ring (bicyclic) bond motifs is 1. The highest BCUT2D eigenvalue weighted by Crippen LogP contribution is 2.36. The van der Waals surface area contributed by atoms with Gasteiger partial charge in [-0.1, -0.05) is 12.1 Å². The standard InChI is InChI=1S/C14H18N2O4S/c17-13-3-1-2-10-11(13)4-5-12(10)16-14(18)15-9-6-7-21(19,20)8-9/h1-3,9,12,17H,4-8H2,(H2,15,16,18)/t9-,12+/m1/s1. The van der Waals surface area contributed by atoms with E-state index in [9.17, 15) is 18.3 Å². The summed E-state index contributed by atoms with van der Waals surface area (Å²) in [7, 11) is -3.00. The minimum Gasteiger partial charge on any atom is -0.508 e.